The molecule has 0 radical (unpaired) electrons. The van der Waals surface area contributed by atoms with Crippen LogP contribution in [0.25, 0.3) is 0 Å². The van der Waals surface area contributed by atoms with Crippen LogP contribution in [0.3, 0.4) is 0 Å². The van der Waals surface area contributed by atoms with Crippen molar-refractivity contribution in [2.75, 3.05) is 0 Å². The second-order valence-corrected chi connectivity index (χ2v) is 2.44. The zero-order chi connectivity index (χ0) is 7.40. The highest BCUT2D eigenvalue weighted by molar-refractivity contribution is 5.41. The monoisotopic (exact) mass is 132 g/mol. The summed E-state index contributed by atoms with van der Waals surface area (Å²) in [4.78, 5) is 0. The lowest BCUT2D eigenvalue weighted by Gasteiger charge is -1.91. The molecule has 0 aromatic heterocycles. The molecule has 0 aliphatic heterocycles. The SMILES string of the molecule is C=C/C=C\C1=C(C)CC=C1. The van der Waals surface area contributed by atoms with Crippen LogP contribution in [0.2, 0.25) is 0 Å². The molecule has 0 heteroatoms. The highest BCUT2D eigenvalue weighted by atomic mass is 14.0. The fourth-order valence-corrected chi connectivity index (χ4v) is 0.992. The van der Waals surface area contributed by atoms with E-state index in [0.717, 1.165) is 6.42 Å². The predicted molar refractivity (Wildman–Crippen MR) is 45.8 cm³/mol. The minimum atomic E-state index is 1.11. The molecule has 0 bridgehead atoms. The highest BCUT2D eigenvalue weighted by Gasteiger charge is 1.98. The van der Waals surface area contributed by atoms with Gasteiger partial charge in [-0.3, -0.25) is 0 Å². The molecule has 0 aromatic rings. The summed E-state index contributed by atoms with van der Waals surface area (Å²) in [5.74, 6) is 0. The molecule has 52 valence electrons. The fourth-order valence-electron chi connectivity index (χ4n) is 0.992. The number of hydrogen-bond donors (Lipinski definition) is 0. The summed E-state index contributed by atoms with van der Waals surface area (Å²) in [6.45, 7) is 5.77. The third-order valence-electron chi connectivity index (χ3n) is 1.63. The van der Waals surface area contributed by atoms with Crippen LogP contribution < -0.4 is 0 Å². The van der Waals surface area contributed by atoms with Crippen molar-refractivity contribution >= 4 is 0 Å². The highest BCUT2D eigenvalue weighted by Crippen LogP contribution is 2.18. The molecule has 0 spiro atoms. The Hall–Kier alpha value is -1.04. The average molecular weight is 132 g/mol. The number of rotatable bonds is 2. The third kappa shape index (κ3) is 1.47. The van der Waals surface area contributed by atoms with Crippen LogP contribution >= 0.6 is 0 Å². The maximum atomic E-state index is 3.61. The van der Waals surface area contributed by atoms with Crippen molar-refractivity contribution in [3.8, 4) is 0 Å². The lowest BCUT2D eigenvalue weighted by Crippen LogP contribution is -1.71. The van der Waals surface area contributed by atoms with Gasteiger partial charge in [-0.25, -0.2) is 0 Å². The molecule has 0 nitrogen and oxygen atoms in total. The van der Waals surface area contributed by atoms with Crippen molar-refractivity contribution in [1.82, 2.24) is 0 Å². The van der Waals surface area contributed by atoms with Gasteiger partial charge in [-0.05, 0) is 18.9 Å². The molecular formula is C10H12. The number of hydrogen-bond acceptors (Lipinski definition) is 0. The minimum Gasteiger partial charge on any atom is -0.0991 e. The first-order chi connectivity index (χ1) is 4.84. The van der Waals surface area contributed by atoms with Crippen molar-refractivity contribution < 1.29 is 0 Å². The Labute approximate surface area is 62.3 Å². The second-order valence-electron chi connectivity index (χ2n) is 2.44. The molecule has 0 atom stereocenters. The molecular weight excluding hydrogens is 120 g/mol. The van der Waals surface area contributed by atoms with Gasteiger partial charge < -0.3 is 0 Å². The van der Waals surface area contributed by atoms with E-state index in [-0.39, 0.29) is 0 Å². The van der Waals surface area contributed by atoms with Crippen LogP contribution in [0.4, 0.5) is 0 Å². The van der Waals surface area contributed by atoms with E-state index in [2.05, 4.69) is 31.7 Å². The molecule has 10 heavy (non-hydrogen) atoms. The van der Waals surface area contributed by atoms with Crippen LogP contribution in [0, 0.1) is 0 Å². The van der Waals surface area contributed by atoms with E-state index < -0.39 is 0 Å². The van der Waals surface area contributed by atoms with E-state index in [1.54, 1.807) is 6.08 Å². The average Bonchev–Trinajstić information content (AvgIpc) is 2.31. The maximum Gasteiger partial charge on any atom is -0.0129 e. The predicted octanol–water partition coefficient (Wildman–Crippen LogP) is 3.01. The van der Waals surface area contributed by atoms with E-state index in [0.29, 0.717) is 0 Å². The van der Waals surface area contributed by atoms with Gasteiger partial charge in [0.05, 0.1) is 0 Å². The Balaban J connectivity index is 2.71. The number of allylic oxidation sites excluding steroid dienone is 7. The molecule has 0 fully saturated rings. The molecule has 0 N–H and O–H groups in total. The molecule has 0 saturated heterocycles. The molecule has 1 aliphatic rings. The standard InChI is InChI=1S/C10H12/c1-3-4-7-10-8-5-6-9(10)2/h3-5,7-8H,1,6H2,2H3/b7-4-. The second kappa shape index (κ2) is 3.21. The normalized spacial score (nSPS) is 17.3. The van der Waals surface area contributed by atoms with Gasteiger partial charge in [-0.2, -0.15) is 0 Å². The van der Waals surface area contributed by atoms with Crippen molar-refractivity contribution in [2.24, 2.45) is 0 Å². The van der Waals surface area contributed by atoms with Gasteiger partial charge in [0.25, 0.3) is 0 Å². The molecule has 1 rings (SSSR count). The Kier molecular flexibility index (Phi) is 2.27. The summed E-state index contributed by atoms with van der Waals surface area (Å²) in [6, 6.07) is 0. The smallest absolute Gasteiger partial charge is 0.0129 e. The minimum absolute atomic E-state index is 1.11. The summed E-state index contributed by atoms with van der Waals surface area (Å²) < 4.78 is 0. The van der Waals surface area contributed by atoms with E-state index >= 15 is 0 Å². The summed E-state index contributed by atoms with van der Waals surface area (Å²) >= 11 is 0. The first-order valence-electron chi connectivity index (χ1n) is 3.50. The van der Waals surface area contributed by atoms with Crippen LogP contribution in [0.15, 0.2) is 48.1 Å². The Morgan fingerprint density at radius 1 is 1.60 bits per heavy atom. The Morgan fingerprint density at radius 2 is 2.40 bits per heavy atom. The third-order valence-corrected chi connectivity index (χ3v) is 1.63. The molecule has 1 aliphatic carbocycles. The van der Waals surface area contributed by atoms with Crippen molar-refractivity contribution in [3.63, 3.8) is 0 Å². The van der Waals surface area contributed by atoms with Gasteiger partial charge in [0, 0.05) is 0 Å². The van der Waals surface area contributed by atoms with Crippen LogP contribution in [-0.4, -0.2) is 0 Å². The van der Waals surface area contributed by atoms with Gasteiger partial charge in [-0.15, -0.1) is 0 Å². The molecule has 0 saturated carbocycles. The van der Waals surface area contributed by atoms with Gasteiger partial charge in [0.15, 0.2) is 0 Å². The van der Waals surface area contributed by atoms with Crippen LogP contribution in [0.1, 0.15) is 13.3 Å². The van der Waals surface area contributed by atoms with E-state index in [9.17, 15) is 0 Å². The van der Waals surface area contributed by atoms with E-state index in [4.69, 9.17) is 0 Å². The van der Waals surface area contributed by atoms with Crippen molar-refractivity contribution in [1.29, 1.82) is 0 Å². The van der Waals surface area contributed by atoms with Crippen LogP contribution in [0.5, 0.6) is 0 Å². The lowest BCUT2D eigenvalue weighted by molar-refractivity contribution is 1.24. The topological polar surface area (TPSA) is 0 Å². The van der Waals surface area contributed by atoms with Gasteiger partial charge in [0.2, 0.25) is 0 Å². The van der Waals surface area contributed by atoms with E-state index in [1.165, 1.54) is 11.1 Å². The lowest BCUT2D eigenvalue weighted by atomic mass is 10.1. The maximum absolute atomic E-state index is 3.61. The molecule has 0 aromatic carbocycles. The summed E-state index contributed by atoms with van der Waals surface area (Å²) in [7, 11) is 0. The zero-order valence-electron chi connectivity index (χ0n) is 6.30. The Morgan fingerprint density at radius 3 is 2.90 bits per heavy atom. The quantitative estimate of drug-likeness (QED) is 0.507. The van der Waals surface area contributed by atoms with Gasteiger partial charge in [-0.1, -0.05) is 42.5 Å². The summed E-state index contributed by atoms with van der Waals surface area (Å²) in [5, 5.41) is 0. The fraction of sp³-hybridized carbons (Fsp3) is 0.200. The van der Waals surface area contributed by atoms with Crippen LogP contribution in [-0.2, 0) is 0 Å². The molecule has 0 amide bonds. The van der Waals surface area contributed by atoms with Crippen molar-refractivity contribution in [2.45, 2.75) is 13.3 Å². The first kappa shape index (κ1) is 7.07. The largest absolute Gasteiger partial charge is 0.0991 e. The van der Waals surface area contributed by atoms with Crippen molar-refractivity contribution in [3.05, 3.63) is 48.1 Å². The van der Waals surface area contributed by atoms with E-state index in [1.807, 2.05) is 6.08 Å². The summed E-state index contributed by atoms with van der Waals surface area (Å²) in [6.07, 6.45) is 11.3. The Bertz CT molecular complexity index is 214. The van der Waals surface area contributed by atoms with Gasteiger partial charge in [0.1, 0.15) is 0 Å². The van der Waals surface area contributed by atoms with Gasteiger partial charge >= 0.3 is 0 Å². The zero-order valence-corrected chi connectivity index (χ0v) is 6.30. The first-order valence-corrected chi connectivity index (χ1v) is 3.50. The summed E-state index contributed by atoms with van der Waals surface area (Å²) in [5.41, 5.74) is 2.78. The molecule has 0 heterocycles. The molecule has 0 unspecified atom stereocenters.